The van der Waals surface area contributed by atoms with Gasteiger partial charge in [0.05, 0.1) is 6.54 Å². The molecule has 0 aliphatic carbocycles. The van der Waals surface area contributed by atoms with E-state index in [2.05, 4.69) is 46.7 Å². The maximum Gasteiger partial charge on any atom is 0.234 e. The Kier molecular flexibility index (Phi) is 7.36. The number of aryl methyl sites for hydroxylation is 1. The van der Waals surface area contributed by atoms with E-state index in [0.717, 1.165) is 32.4 Å². The number of ether oxygens (including phenoxy) is 1. The highest BCUT2D eigenvalue weighted by Gasteiger charge is 2.20. The van der Waals surface area contributed by atoms with Gasteiger partial charge in [0.25, 0.3) is 0 Å². The third-order valence-corrected chi connectivity index (χ3v) is 4.19. The van der Waals surface area contributed by atoms with Crippen LogP contribution >= 0.6 is 0 Å². The van der Waals surface area contributed by atoms with Gasteiger partial charge in [0.2, 0.25) is 5.91 Å². The Hall–Kier alpha value is -1.59. The van der Waals surface area contributed by atoms with Crippen LogP contribution in [0.25, 0.3) is 0 Å². The molecular formula is C18H29N3O2. The second-order valence-corrected chi connectivity index (χ2v) is 6.26. The Morgan fingerprint density at radius 1 is 1.35 bits per heavy atom. The molecule has 23 heavy (non-hydrogen) atoms. The first-order chi connectivity index (χ1) is 11.2. The highest BCUT2D eigenvalue weighted by Crippen LogP contribution is 2.17. The molecule has 5 heteroatoms. The van der Waals surface area contributed by atoms with Crippen LogP contribution in [0, 0.1) is 6.92 Å². The molecule has 0 spiro atoms. The average Bonchev–Trinajstić information content (AvgIpc) is 2.54. The number of hydrogen-bond acceptors (Lipinski definition) is 4. The van der Waals surface area contributed by atoms with Crippen LogP contribution in [-0.2, 0) is 9.53 Å². The summed E-state index contributed by atoms with van der Waals surface area (Å²) in [6.07, 6.45) is 3.01. The molecule has 5 nitrogen and oxygen atoms in total. The van der Waals surface area contributed by atoms with Gasteiger partial charge in [-0.3, -0.25) is 9.69 Å². The summed E-state index contributed by atoms with van der Waals surface area (Å²) in [5, 5.41) is 6.55. The average molecular weight is 319 g/mol. The lowest BCUT2D eigenvalue weighted by molar-refractivity contribution is -0.122. The van der Waals surface area contributed by atoms with Gasteiger partial charge in [0.15, 0.2) is 0 Å². The van der Waals surface area contributed by atoms with Crippen LogP contribution in [0.1, 0.15) is 24.8 Å². The normalized spacial score (nSPS) is 16.3. The minimum absolute atomic E-state index is 0.117. The van der Waals surface area contributed by atoms with E-state index < -0.39 is 0 Å². The molecule has 0 atom stereocenters. The van der Waals surface area contributed by atoms with E-state index in [1.165, 1.54) is 11.3 Å². The Morgan fingerprint density at radius 3 is 2.83 bits per heavy atom. The number of likely N-dealkylation sites (tertiary alicyclic amines) is 1. The van der Waals surface area contributed by atoms with E-state index in [4.69, 9.17) is 4.74 Å². The Morgan fingerprint density at radius 2 is 2.13 bits per heavy atom. The van der Waals surface area contributed by atoms with Crippen LogP contribution in [0.15, 0.2) is 24.3 Å². The van der Waals surface area contributed by atoms with Crippen molar-refractivity contribution in [2.24, 2.45) is 0 Å². The van der Waals surface area contributed by atoms with Crippen molar-refractivity contribution in [3.05, 3.63) is 29.8 Å². The van der Waals surface area contributed by atoms with E-state index >= 15 is 0 Å². The highest BCUT2D eigenvalue weighted by molar-refractivity contribution is 5.77. The Bertz CT molecular complexity index is 485. The smallest absolute Gasteiger partial charge is 0.234 e. The molecule has 0 bridgehead atoms. The summed E-state index contributed by atoms with van der Waals surface area (Å²) in [5.74, 6) is 0.117. The zero-order chi connectivity index (χ0) is 16.5. The molecule has 1 aromatic carbocycles. The fourth-order valence-electron chi connectivity index (χ4n) is 2.91. The summed E-state index contributed by atoms with van der Waals surface area (Å²) in [5.41, 5.74) is 2.47. The summed E-state index contributed by atoms with van der Waals surface area (Å²) in [6, 6.07) is 8.99. The van der Waals surface area contributed by atoms with Gasteiger partial charge >= 0.3 is 0 Å². The quantitative estimate of drug-likeness (QED) is 0.720. The molecule has 1 fully saturated rings. The molecule has 1 aliphatic heterocycles. The summed E-state index contributed by atoms with van der Waals surface area (Å²) < 4.78 is 4.97. The van der Waals surface area contributed by atoms with Crippen LogP contribution in [0.5, 0.6) is 0 Å². The Labute approximate surface area is 139 Å². The first kappa shape index (κ1) is 17.8. The number of methoxy groups -OCH3 is 1. The van der Waals surface area contributed by atoms with Gasteiger partial charge in [0, 0.05) is 45.1 Å². The number of amides is 1. The van der Waals surface area contributed by atoms with Gasteiger partial charge in [-0.25, -0.2) is 0 Å². The number of carbonyl (C=O) groups is 1. The molecule has 1 aromatic rings. The number of nitrogens with zero attached hydrogens (tertiary/aromatic N) is 1. The molecule has 1 aliphatic rings. The third kappa shape index (κ3) is 6.59. The molecule has 1 heterocycles. The predicted molar refractivity (Wildman–Crippen MR) is 93.8 cm³/mol. The monoisotopic (exact) mass is 319 g/mol. The molecule has 1 amide bonds. The van der Waals surface area contributed by atoms with Crippen molar-refractivity contribution in [2.45, 2.75) is 32.2 Å². The number of rotatable bonds is 8. The first-order valence-electron chi connectivity index (χ1n) is 8.48. The van der Waals surface area contributed by atoms with Gasteiger partial charge in [-0.1, -0.05) is 12.1 Å². The lowest BCUT2D eigenvalue weighted by Crippen LogP contribution is -2.44. The minimum atomic E-state index is 0.117. The predicted octanol–water partition coefficient (Wildman–Crippen LogP) is 2.02. The SMILES string of the molecule is COCCCNC(=O)CN1CCC(Nc2cccc(C)c2)CC1. The standard InChI is InChI=1S/C18H29N3O2/c1-15-5-3-6-17(13-15)20-16-7-10-21(11-8-16)14-18(22)19-9-4-12-23-2/h3,5-6,13,16,20H,4,7-12,14H2,1-2H3,(H,19,22). The second kappa shape index (κ2) is 9.53. The molecule has 1 saturated heterocycles. The molecule has 2 N–H and O–H groups in total. The number of hydrogen-bond donors (Lipinski definition) is 2. The molecule has 0 saturated carbocycles. The molecule has 2 rings (SSSR count). The minimum Gasteiger partial charge on any atom is -0.385 e. The van der Waals surface area contributed by atoms with Crippen molar-refractivity contribution in [1.82, 2.24) is 10.2 Å². The van der Waals surface area contributed by atoms with Crippen molar-refractivity contribution in [3.8, 4) is 0 Å². The third-order valence-electron chi connectivity index (χ3n) is 4.19. The van der Waals surface area contributed by atoms with Crippen molar-refractivity contribution >= 4 is 11.6 Å². The molecule has 0 aromatic heterocycles. The number of nitrogens with one attached hydrogen (secondary N) is 2. The van der Waals surface area contributed by atoms with Crippen molar-refractivity contribution < 1.29 is 9.53 Å². The van der Waals surface area contributed by atoms with E-state index in [9.17, 15) is 4.79 Å². The topological polar surface area (TPSA) is 53.6 Å². The number of piperidine rings is 1. The van der Waals surface area contributed by atoms with Gasteiger partial charge in [-0.05, 0) is 43.9 Å². The number of benzene rings is 1. The summed E-state index contributed by atoms with van der Waals surface area (Å²) >= 11 is 0. The molecule has 0 radical (unpaired) electrons. The fourth-order valence-corrected chi connectivity index (χ4v) is 2.91. The highest BCUT2D eigenvalue weighted by atomic mass is 16.5. The van der Waals surface area contributed by atoms with E-state index in [-0.39, 0.29) is 5.91 Å². The zero-order valence-corrected chi connectivity index (χ0v) is 14.3. The lowest BCUT2D eigenvalue weighted by atomic mass is 10.0. The van der Waals surface area contributed by atoms with Crippen molar-refractivity contribution in [2.75, 3.05) is 45.2 Å². The van der Waals surface area contributed by atoms with Crippen LogP contribution in [0.4, 0.5) is 5.69 Å². The van der Waals surface area contributed by atoms with E-state index in [0.29, 0.717) is 25.7 Å². The van der Waals surface area contributed by atoms with E-state index in [1.807, 2.05) is 0 Å². The van der Waals surface area contributed by atoms with Crippen LogP contribution in [-0.4, -0.2) is 56.7 Å². The molecule has 0 unspecified atom stereocenters. The second-order valence-electron chi connectivity index (χ2n) is 6.26. The fraction of sp³-hybridized carbons (Fsp3) is 0.611. The van der Waals surface area contributed by atoms with Gasteiger partial charge in [-0.15, -0.1) is 0 Å². The van der Waals surface area contributed by atoms with E-state index in [1.54, 1.807) is 7.11 Å². The van der Waals surface area contributed by atoms with Gasteiger partial charge in [-0.2, -0.15) is 0 Å². The maximum atomic E-state index is 11.9. The largest absolute Gasteiger partial charge is 0.385 e. The van der Waals surface area contributed by atoms with Crippen molar-refractivity contribution in [1.29, 1.82) is 0 Å². The molecule has 128 valence electrons. The van der Waals surface area contributed by atoms with Crippen LogP contribution in [0.3, 0.4) is 0 Å². The lowest BCUT2D eigenvalue weighted by Gasteiger charge is -2.32. The van der Waals surface area contributed by atoms with Crippen molar-refractivity contribution in [3.63, 3.8) is 0 Å². The maximum absolute atomic E-state index is 11.9. The Balaban J connectivity index is 1.64. The summed E-state index contributed by atoms with van der Waals surface area (Å²) in [6.45, 7) is 5.93. The number of anilines is 1. The molecular weight excluding hydrogens is 290 g/mol. The zero-order valence-electron chi connectivity index (χ0n) is 14.3. The summed E-state index contributed by atoms with van der Waals surface area (Å²) in [4.78, 5) is 14.1. The van der Waals surface area contributed by atoms with Gasteiger partial charge in [0.1, 0.15) is 0 Å². The van der Waals surface area contributed by atoms with Crippen LogP contribution < -0.4 is 10.6 Å². The first-order valence-corrected chi connectivity index (χ1v) is 8.48. The number of carbonyl (C=O) groups excluding carboxylic acids is 1. The van der Waals surface area contributed by atoms with Crippen LogP contribution in [0.2, 0.25) is 0 Å². The summed E-state index contributed by atoms with van der Waals surface area (Å²) in [7, 11) is 1.68. The van der Waals surface area contributed by atoms with Gasteiger partial charge < -0.3 is 15.4 Å².